The molecule has 3 atom stereocenters. The highest BCUT2D eigenvalue weighted by molar-refractivity contribution is 5.76. The standard InChI is InChI=1S/C26H33F3N2O3/c1-19-8-4-2-3-5-9-20(16-19)17-24(32)30-23(18-31-14-6-7-15-31)25(33)21-10-12-22(13-11-21)34-26(27,28)29/h2-4,8,10-13,20,23,25,33H,1,5-7,9,14-18H2,(H,30,32)/b3-2-,8-4-/t20?,23-,25-/m1/s1. The van der Waals surface area contributed by atoms with Crippen LogP contribution in [0.25, 0.3) is 0 Å². The molecule has 1 aliphatic heterocycles. The van der Waals surface area contributed by atoms with E-state index in [1.807, 2.05) is 18.2 Å². The number of amides is 1. The molecule has 186 valence electrons. The van der Waals surface area contributed by atoms with Gasteiger partial charge >= 0.3 is 6.36 Å². The van der Waals surface area contributed by atoms with E-state index in [1.165, 1.54) is 24.3 Å². The average molecular weight is 479 g/mol. The van der Waals surface area contributed by atoms with Crippen LogP contribution >= 0.6 is 0 Å². The first-order valence-corrected chi connectivity index (χ1v) is 11.8. The van der Waals surface area contributed by atoms with Gasteiger partial charge in [-0.05, 0) is 68.8 Å². The topological polar surface area (TPSA) is 61.8 Å². The van der Waals surface area contributed by atoms with Crippen molar-refractivity contribution in [1.29, 1.82) is 0 Å². The molecule has 1 heterocycles. The molecule has 2 aliphatic rings. The first kappa shape index (κ1) is 26.0. The van der Waals surface area contributed by atoms with Crippen molar-refractivity contribution >= 4 is 5.91 Å². The van der Waals surface area contributed by atoms with Crippen LogP contribution in [0, 0.1) is 5.92 Å². The number of alkyl halides is 3. The number of rotatable bonds is 8. The lowest BCUT2D eigenvalue weighted by Crippen LogP contribution is -2.47. The Morgan fingerprint density at radius 3 is 2.59 bits per heavy atom. The number of carbonyl (C=O) groups excluding carboxylic acids is 1. The summed E-state index contributed by atoms with van der Waals surface area (Å²) in [5.41, 5.74) is 1.39. The highest BCUT2D eigenvalue weighted by Gasteiger charge is 2.31. The van der Waals surface area contributed by atoms with Gasteiger partial charge in [-0.25, -0.2) is 0 Å². The highest BCUT2D eigenvalue weighted by atomic mass is 19.4. The number of carbonyl (C=O) groups is 1. The van der Waals surface area contributed by atoms with Crippen molar-refractivity contribution in [3.05, 3.63) is 66.3 Å². The average Bonchev–Trinajstić information content (AvgIpc) is 3.29. The van der Waals surface area contributed by atoms with Gasteiger partial charge in [-0.15, -0.1) is 13.2 Å². The number of nitrogens with one attached hydrogen (secondary N) is 1. The first-order valence-electron chi connectivity index (χ1n) is 11.8. The molecule has 0 saturated carbocycles. The lowest BCUT2D eigenvalue weighted by Gasteiger charge is -2.29. The lowest BCUT2D eigenvalue weighted by molar-refractivity contribution is -0.274. The maximum atomic E-state index is 13.0. The van der Waals surface area contributed by atoms with Crippen molar-refractivity contribution in [1.82, 2.24) is 10.2 Å². The predicted molar refractivity (Wildman–Crippen MR) is 125 cm³/mol. The quantitative estimate of drug-likeness (QED) is 0.549. The van der Waals surface area contributed by atoms with Gasteiger partial charge in [-0.3, -0.25) is 4.79 Å². The smallest absolute Gasteiger partial charge is 0.406 e. The SMILES string of the molecule is C=C1/C=C\C=C/CCC(CC(=O)N[C@H](CN2CCCC2)[C@H](O)c2ccc(OC(F)(F)F)cc2)C1. The predicted octanol–water partition coefficient (Wildman–Crippen LogP) is 5.06. The Labute approximate surface area is 199 Å². The summed E-state index contributed by atoms with van der Waals surface area (Å²) in [6.45, 7) is 6.31. The van der Waals surface area contributed by atoms with Gasteiger partial charge in [0.25, 0.3) is 0 Å². The largest absolute Gasteiger partial charge is 0.573 e. The van der Waals surface area contributed by atoms with Crippen LogP contribution in [0.4, 0.5) is 13.2 Å². The molecule has 1 fully saturated rings. The molecule has 0 aromatic heterocycles. The minimum absolute atomic E-state index is 0.142. The van der Waals surface area contributed by atoms with Gasteiger partial charge in [-0.2, -0.15) is 0 Å². The summed E-state index contributed by atoms with van der Waals surface area (Å²) in [6, 6.07) is 4.56. The molecule has 0 bridgehead atoms. The van der Waals surface area contributed by atoms with E-state index < -0.39 is 18.5 Å². The number of nitrogens with zero attached hydrogens (tertiary/aromatic N) is 1. The number of likely N-dealkylation sites (tertiary alicyclic amines) is 1. The molecule has 1 unspecified atom stereocenters. The van der Waals surface area contributed by atoms with Gasteiger partial charge in [0.15, 0.2) is 0 Å². The van der Waals surface area contributed by atoms with Gasteiger partial charge in [0.05, 0.1) is 6.04 Å². The zero-order chi connectivity index (χ0) is 24.6. The fourth-order valence-electron chi connectivity index (χ4n) is 4.51. The van der Waals surface area contributed by atoms with Gasteiger partial charge in [-0.1, -0.05) is 48.6 Å². The van der Waals surface area contributed by atoms with Crippen molar-refractivity contribution < 1.29 is 27.8 Å². The Kier molecular flexibility index (Phi) is 9.36. The Morgan fingerprint density at radius 1 is 1.21 bits per heavy atom. The second kappa shape index (κ2) is 12.2. The fraction of sp³-hybridized carbons (Fsp3) is 0.500. The number of hydrogen-bond acceptors (Lipinski definition) is 4. The second-order valence-electron chi connectivity index (χ2n) is 9.04. The third-order valence-electron chi connectivity index (χ3n) is 6.18. The van der Waals surface area contributed by atoms with Crippen molar-refractivity contribution in [2.45, 2.75) is 57.0 Å². The molecule has 2 N–H and O–H groups in total. The Hall–Kier alpha value is -2.58. The van der Waals surface area contributed by atoms with Crippen molar-refractivity contribution in [2.24, 2.45) is 5.92 Å². The number of aliphatic hydroxyl groups excluding tert-OH is 1. The molecule has 1 saturated heterocycles. The number of aliphatic hydroxyl groups is 1. The zero-order valence-corrected chi connectivity index (χ0v) is 19.3. The summed E-state index contributed by atoms with van der Waals surface area (Å²) < 4.78 is 41.3. The van der Waals surface area contributed by atoms with Crippen LogP contribution in [0.3, 0.4) is 0 Å². The molecule has 0 spiro atoms. The molecule has 1 aromatic carbocycles. The van der Waals surface area contributed by atoms with E-state index in [-0.39, 0.29) is 17.6 Å². The second-order valence-corrected chi connectivity index (χ2v) is 9.04. The molecule has 34 heavy (non-hydrogen) atoms. The number of halogens is 3. The maximum Gasteiger partial charge on any atom is 0.573 e. The summed E-state index contributed by atoms with van der Waals surface area (Å²) in [4.78, 5) is 15.2. The zero-order valence-electron chi connectivity index (χ0n) is 19.3. The number of allylic oxidation sites excluding steroid dienone is 5. The van der Waals surface area contributed by atoms with Gasteiger partial charge < -0.3 is 20.1 Å². The minimum Gasteiger partial charge on any atom is -0.406 e. The molecule has 8 heteroatoms. The van der Waals surface area contributed by atoms with Crippen LogP contribution < -0.4 is 10.1 Å². The van der Waals surface area contributed by atoms with Crippen molar-refractivity contribution in [2.75, 3.05) is 19.6 Å². The maximum absolute atomic E-state index is 13.0. The molecule has 1 amide bonds. The number of benzene rings is 1. The van der Waals surface area contributed by atoms with E-state index in [4.69, 9.17) is 0 Å². The molecule has 1 aliphatic carbocycles. The Balaban J connectivity index is 1.67. The van der Waals surface area contributed by atoms with Gasteiger partial charge in [0.1, 0.15) is 11.9 Å². The molecule has 1 aromatic rings. The third-order valence-corrected chi connectivity index (χ3v) is 6.18. The van der Waals surface area contributed by atoms with Crippen molar-refractivity contribution in [3.8, 4) is 5.75 Å². The molecule has 5 nitrogen and oxygen atoms in total. The van der Waals surface area contributed by atoms with Crippen LogP contribution in [0.5, 0.6) is 5.75 Å². The van der Waals surface area contributed by atoms with Gasteiger partial charge in [0, 0.05) is 13.0 Å². The highest BCUT2D eigenvalue weighted by Crippen LogP contribution is 2.27. The van der Waals surface area contributed by atoms with Crippen LogP contribution in [0.1, 0.15) is 50.2 Å². The van der Waals surface area contributed by atoms with Crippen molar-refractivity contribution in [3.63, 3.8) is 0 Å². The van der Waals surface area contributed by atoms with E-state index >= 15 is 0 Å². The molecular formula is C26H33F3N2O3. The van der Waals surface area contributed by atoms with Crippen LogP contribution in [-0.4, -0.2) is 48.0 Å². The summed E-state index contributed by atoms with van der Waals surface area (Å²) in [5.74, 6) is -0.360. The first-order chi connectivity index (χ1) is 16.2. The number of hydrogen-bond donors (Lipinski definition) is 2. The number of ether oxygens (including phenoxy) is 1. The molecular weight excluding hydrogens is 445 g/mol. The van der Waals surface area contributed by atoms with E-state index in [9.17, 15) is 23.1 Å². The van der Waals surface area contributed by atoms with Crippen LogP contribution in [-0.2, 0) is 4.79 Å². The Morgan fingerprint density at radius 2 is 1.91 bits per heavy atom. The van der Waals surface area contributed by atoms with E-state index in [1.54, 1.807) is 0 Å². The van der Waals surface area contributed by atoms with E-state index in [0.717, 1.165) is 50.8 Å². The molecule has 3 rings (SSSR count). The van der Waals surface area contributed by atoms with Crippen LogP contribution in [0.15, 0.2) is 60.7 Å². The monoisotopic (exact) mass is 478 g/mol. The molecule has 0 radical (unpaired) electrons. The van der Waals surface area contributed by atoms with E-state index in [0.29, 0.717) is 18.5 Å². The summed E-state index contributed by atoms with van der Waals surface area (Å²) in [5, 5.41) is 14.0. The summed E-state index contributed by atoms with van der Waals surface area (Å²) >= 11 is 0. The lowest BCUT2D eigenvalue weighted by atomic mass is 9.91. The summed E-state index contributed by atoms with van der Waals surface area (Å²) in [6.07, 6.45) is 7.05. The Bertz CT molecular complexity index is 874. The minimum atomic E-state index is -4.78. The fourth-order valence-corrected chi connectivity index (χ4v) is 4.51. The third kappa shape index (κ3) is 8.65. The summed E-state index contributed by atoms with van der Waals surface area (Å²) in [7, 11) is 0. The van der Waals surface area contributed by atoms with Gasteiger partial charge in [0.2, 0.25) is 5.91 Å². The normalized spacial score (nSPS) is 23.3. The van der Waals surface area contributed by atoms with Crippen LogP contribution in [0.2, 0.25) is 0 Å². The van der Waals surface area contributed by atoms with E-state index in [2.05, 4.69) is 27.6 Å².